The van der Waals surface area contributed by atoms with Crippen molar-refractivity contribution in [3.63, 3.8) is 0 Å². The van der Waals surface area contributed by atoms with Crippen LogP contribution in [0.4, 0.5) is 0 Å². The summed E-state index contributed by atoms with van der Waals surface area (Å²) < 4.78 is 5.50. The lowest BCUT2D eigenvalue weighted by molar-refractivity contribution is 0.0904. The van der Waals surface area contributed by atoms with Crippen LogP contribution in [0.2, 0.25) is 0 Å². The van der Waals surface area contributed by atoms with E-state index >= 15 is 0 Å². The summed E-state index contributed by atoms with van der Waals surface area (Å²) in [6, 6.07) is 10.9. The number of benzene rings is 1. The molecule has 0 spiro atoms. The molecule has 6 heteroatoms. The van der Waals surface area contributed by atoms with E-state index in [1.165, 1.54) is 11.8 Å². The van der Waals surface area contributed by atoms with Gasteiger partial charge >= 0.3 is 0 Å². The van der Waals surface area contributed by atoms with Gasteiger partial charge in [-0.1, -0.05) is 30.3 Å². The molecule has 0 radical (unpaired) electrons. The molecule has 3 heterocycles. The molecular formula is C20H26N4O2. The van der Waals surface area contributed by atoms with Gasteiger partial charge in [0.2, 0.25) is 5.89 Å². The lowest BCUT2D eigenvalue weighted by Crippen LogP contribution is -2.44. The van der Waals surface area contributed by atoms with Crippen molar-refractivity contribution in [3.8, 4) is 0 Å². The van der Waals surface area contributed by atoms with Gasteiger partial charge in [-0.05, 0) is 37.8 Å². The van der Waals surface area contributed by atoms with Gasteiger partial charge in [0.1, 0.15) is 6.26 Å². The predicted octanol–water partition coefficient (Wildman–Crippen LogP) is 2.49. The van der Waals surface area contributed by atoms with Crippen molar-refractivity contribution < 1.29 is 9.21 Å². The molecule has 1 aromatic carbocycles. The zero-order valence-electron chi connectivity index (χ0n) is 15.0. The minimum Gasteiger partial charge on any atom is -0.446 e. The van der Waals surface area contributed by atoms with Crippen LogP contribution in [0, 0.1) is 0 Å². The number of oxazole rings is 1. The second-order valence-corrected chi connectivity index (χ2v) is 7.23. The Bertz CT molecular complexity index is 716. The first kappa shape index (κ1) is 17.2. The van der Waals surface area contributed by atoms with Gasteiger partial charge in [-0.2, -0.15) is 0 Å². The van der Waals surface area contributed by atoms with Crippen LogP contribution in [0.25, 0.3) is 0 Å². The molecule has 1 amide bonds. The monoisotopic (exact) mass is 354 g/mol. The molecule has 2 aliphatic rings. The fourth-order valence-electron chi connectivity index (χ4n) is 3.78. The van der Waals surface area contributed by atoms with E-state index in [0.29, 0.717) is 11.6 Å². The van der Waals surface area contributed by atoms with Crippen molar-refractivity contribution in [2.75, 3.05) is 19.6 Å². The molecule has 2 aliphatic heterocycles. The van der Waals surface area contributed by atoms with Crippen molar-refractivity contribution >= 4 is 5.91 Å². The van der Waals surface area contributed by atoms with Gasteiger partial charge in [0.05, 0.1) is 6.04 Å². The van der Waals surface area contributed by atoms with Crippen molar-refractivity contribution in [2.24, 2.45) is 0 Å². The predicted molar refractivity (Wildman–Crippen MR) is 98.7 cm³/mol. The van der Waals surface area contributed by atoms with E-state index in [1.54, 1.807) is 0 Å². The van der Waals surface area contributed by atoms with Crippen molar-refractivity contribution in [1.82, 2.24) is 20.5 Å². The van der Waals surface area contributed by atoms with Crippen LogP contribution in [0.1, 0.15) is 53.7 Å². The minimum atomic E-state index is -0.125. The highest BCUT2D eigenvalue weighted by atomic mass is 16.3. The van der Waals surface area contributed by atoms with Gasteiger partial charge in [-0.3, -0.25) is 9.69 Å². The maximum Gasteiger partial charge on any atom is 0.273 e. The van der Waals surface area contributed by atoms with E-state index in [4.69, 9.17) is 4.42 Å². The molecule has 26 heavy (non-hydrogen) atoms. The van der Waals surface area contributed by atoms with Crippen LogP contribution in [0.5, 0.6) is 0 Å². The lowest BCUT2D eigenvalue weighted by Gasteiger charge is -2.32. The summed E-state index contributed by atoms with van der Waals surface area (Å²) in [4.78, 5) is 19.3. The number of nitrogens with one attached hydrogen (secondary N) is 2. The summed E-state index contributed by atoms with van der Waals surface area (Å²) >= 11 is 0. The Kier molecular flexibility index (Phi) is 5.32. The molecule has 0 saturated carbocycles. The van der Waals surface area contributed by atoms with E-state index in [2.05, 4.69) is 44.8 Å². The quantitative estimate of drug-likeness (QED) is 0.863. The van der Waals surface area contributed by atoms with Gasteiger partial charge < -0.3 is 15.1 Å². The van der Waals surface area contributed by atoms with Crippen LogP contribution in [-0.4, -0.2) is 41.5 Å². The normalized spacial score (nSPS) is 21.8. The molecule has 2 fully saturated rings. The molecule has 1 unspecified atom stereocenters. The molecule has 4 rings (SSSR count). The van der Waals surface area contributed by atoms with E-state index in [-0.39, 0.29) is 18.0 Å². The zero-order chi connectivity index (χ0) is 17.8. The molecule has 6 nitrogen and oxygen atoms in total. The summed E-state index contributed by atoms with van der Waals surface area (Å²) in [5, 5.41) is 6.45. The number of carbonyl (C=O) groups excluding carboxylic acids is 1. The topological polar surface area (TPSA) is 70.4 Å². The molecule has 1 atom stereocenters. The Morgan fingerprint density at radius 3 is 2.77 bits per heavy atom. The average molecular weight is 354 g/mol. The Morgan fingerprint density at radius 2 is 2.04 bits per heavy atom. The second-order valence-electron chi connectivity index (χ2n) is 7.23. The van der Waals surface area contributed by atoms with Gasteiger partial charge in [0, 0.05) is 25.7 Å². The Labute approximate surface area is 154 Å². The molecule has 2 N–H and O–H groups in total. The number of carbonyl (C=O) groups is 1. The van der Waals surface area contributed by atoms with E-state index in [1.807, 2.05) is 6.07 Å². The largest absolute Gasteiger partial charge is 0.446 e. The zero-order valence-corrected chi connectivity index (χ0v) is 15.0. The van der Waals surface area contributed by atoms with Crippen molar-refractivity contribution in [3.05, 3.63) is 53.7 Å². The van der Waals surface area contributed by atoms with Crippen molar-refractivity contribution in [2.45, 2.75) is 44.3 Å². The van der Waals surface area contributed by atoms with E-state index in [9.17, 15) is 4.79 Å². The van der Waals surface area contributed by atoms with E-state index < -0.39 is 0 Å². The molecule has 0 aliphatic carbocycles. The Morgan fingerprint density at radius 1 is 1.23 bits per heavy atom. The molecular weight excluding hydrogens is 328 g/mol. The number of likely N-dealkylation sites (tertiary alicyclic amines) is 1. The molecule has 138 valence electrons. The molecule has 1 aromatic heterocycles. The van der Waals surface area contributed by atoms with Gasteiger partial charge in [-0.15, -0.1) is 0 Å². The number of rotatable bonds is 5. The average Bonchev–Trinajstić information content (AvgIpc) is 3.36. The summed E-state index contributed by atoms with van der Waals surface area (Å²) in [7, 11) is 0. The first-order valence-corrected chi connectivity index (χ1v) is 9.54. The third-order valence-electron chi connectivity index (χ3n) is 5.28. The number of nitrogens with zero attached hydrogens (tertiary/aromatic N) is 2. The van der Waals surface area contributed by atoms with Crippen molar-refractivity contribution in [1.29, 1.82) is 0 Å². The molecule has 0 bridgehead atoms. The maximum absolute atomic E-state index is 12.4. The van der Waals surface area contributed by atoms with Crippen LogP contribution in [0.15, 0.2) is 41.0 Å². The van der Waals surface area contributed by atoms with Crippen LogP contribution in [0.3, 0.4) is 0 Å². The van der Waals surface area contributed by atoms with Crippen LogP contribution in [-0.2, 0) is 6.54 Å². The standard InChI is InChI=1S/C20H26N4O2/c25-19(18-14-26-20(23-18)17-7-4-10-21-17)22-16-8-11-24(12-9-16)13-15-5-2-1-3-6-15/h1-3,5-6,14,16-17,21H,4,7-13H2,(H,22,25). The number of amides is 1. The summed E-state index contributed by atoms with van der Waals surface area (Å²) in [5.74, 6) is 0.504. The third-order valence-corrected chi connectivity index (χ3v) is 5.28. The highest BCUT2D eigenvalue weighted by Crippen LogP contribution is 2.22. The van der Waals surface area contributed by atoms with E-state index in [0.717, 1.165) is 51.9 Å². The van der Waals surface area contributed by atoms with Gasteiger partial charge in [0.25, 0.3) is 5.91 Å². The Balaban J connectivity index is 1.25. The smallest absolute Gasteiger partial charge is 0.273 e. The third kappa shape index (κ3) is 4.14. The first-order valence-electron chi connectivity index (χ1n) is 9.54. The highest BCUT2D eigenvalue weighted by molar-refractivity contribution is 5.92. The fourth-order valence-corrected chi connectivity index (χ4v) is 3.78. The van der Waals surface area contributed by atoms with Gasteiger partial charge in [0.15, 0.2) is 5.69 Å². The van der Waals surface area contributed by atoms with Gasteiger partial charge in [-0.25, -0.2) is 4.98 Å². The van der Waals surface area contributed by atoms with Crippen LogP contribution < -0.4 is 10.6 Å². The first-order chi connectivity index (χ1) is 12.8. The molecule has 2 aromatic rings. The number of piperidine rings is 1. The Hall–Kier alpha value is -2.18. The SMILES string of the molecule is O=C(NC1CCN(Cc2ccccc2)CC1)c1coc(C2CCCN2)n1. The second kappa shape index (κ2) is 8.01. The number of hydrogen-bond acceptors (Lipinski definition) is 5. The summed E-state index contributed by atoms with van der Waals surface area (Å²) in [6.07, 6.45) is 5.55. The van der Waals surface area contributed by atoms with Crippen LogP contribution >= 0.6 is 0 Å². The maximum atomic E-state index is 12.4. The summed E-state index contributed by atoms with van der Waals surface area (Å²) in [5.41, 5.74) is 1.73. The molecule has 2 saturated heterocycles. The number of aromatic nitrogens is 1. The fraction of sp³-hybridized carbons (Fsp3) is 0.500. The minimum absolute atomic E-state index is 0.125. The number of hydrogen-bond donors (Lipinski definition) is 2. The summed E-state index contributed by atoms with van der Waals surface area (Å²) in [6.45, 7) is 3.95. The lowest BCUT2D eigenvalue weighted by atomic mass is 10.0. The highest BCUT2D eigenvalue weighted by Gasteiger charge is 2.25.